The van der Waals surface area contributed by atoms with Gasteiger partial charge in [0, 0.05) is 12.1 Å². The van der Waals surface area contributed by atoms with Crippen molar-refractivity contribution in [2.75, 3.05) is 19.5 Å². The highest BCUT2D eigenvalue weighted by Crippen LogP contribution is 2.29. The number of methoxy groups -OCH3 is 2. The number of carbonyl (C=O) groups excluding carboxylic acids is 3. The number of benzene rings is 1. The first-order valence-electron chi connectivity index (χ1n) is 7.41. The quantitative estimate of drug-likeness (QED) is 0.816. The van der Waals surface area contributed by atoms with Gasteiger partial charge in [-0.2, -0.15) is 0 Å². The second-order valence-electron chi connectivity index (χ2n) is 5.53. The van der Waals surface area contributed by atoms with Crippen LogP contribution in [0.3, 0.4) is 0 Å². The Morgan fingerprint density at radius 3 is 2.58 bits per heavy atom. The van der Waals surface area contributed by atoms with Gasteiger partial charge in [0.2, 0.25) is 11.8 Å². The lowest BCUT2D eigenvalue weighted by Gasteiger charge is -2.25. The van der Waals surface area contributed by atoms with E-state index in [0.717, 1.165) is 5.56 Å². The predicted octanol–water partition coefficient (Wildman–Crippen LogP) is 1.53. The minimum absolute atomic E-state index is 0.123. The zero-order chi connectivity index (χ0) is 17.9. The fourth-order valence-corrected chi connectivity index (χ4v) is 2.64. The molecule has 7 heteroatoms. The van der Waals surface area contributed by atoms with Gasteiger partial charge in [0.05, 0.1) is 31.4 Å². The van der Waals surface area contributed by atoms with Crippen molar-refractivity contribution in [1.29, 1.82) is 0 Å². The summed E-state index contributed by atoms with van der Waals surface area (Å²) in [4.78, 5) is 36.4. The lowest BCUT2D eigenvalue weighted by molar-refractivity contribution is -0.139. The van der Waals surface area contributed by atoms with Gasteiger partial charge in [-0.15, -0.1) is 0 Å². The van der Waals surface area contributed by atoms with Gasteiger partial charge >= 0.3 is 5.97 Å². The van der Waals surface area contributed by atoms with Crippen LogP contribution in [-0.2, 0) is 19.1 Å². The van der Waals surface area contributed by atoms with Gasteiger partial charge in [-0.05, 0) is 31.5 Å². The standard InChI is InChI=1S/C17H20N2O5/c1-9-5-6-13(23-3)12(7-9)19-16(21)11-8-14(20)18-10(2)15(11)17(22)24-4/h5-7,11H,8H2,1-4H3,(H,18,20)(H,19,21)/t11-/m0/s1. The average Bonchev–Trinajstić information content (AvgIpc) is 2.53. The van der Waals surface area contributed by atoms with E-state index in [9.17, 15) is 14.4 Å². The number of carbonyl (C=O) groups is 3. The second-order valence-corrected chi connectivity index (χ2v) is 5.53. The summed E-state index contributed by atoms with van der Waals surface area (Å²) in [6.07, 6.45) is -0.123. The van der Waals surface area contributed by atoms with Gasteiger partial charge in [0.1, 0.15) is 5.75 Å². The average molecular weight is 332 g/mol. The van der Waals surface area contributed by atoms with Gasteiger partial charge in [0.15, 0.2) is 0 Å². The van der Waals surface area contributed by atoms with E-state index >= 15 is 0 Å². The number of rotatable bonds is 4. The van der Waals surface area contributed by atoms with Gasteiger partial charge in [-0.3, -0.25) is 9.59 Å². The first kappa shape index (κ1) is 17.5. The number of hydrogen-bond donors (Lipinski definition) is 2. The van der Waals surface area contributed by atoms with Crippen LogP contribution in [0.25, 0.3) is 0 Å². The molecule has 0 aromatic heterocycles. The zero-order valence-electron chi connectivity index (χ0n) is 14.1. The van der Waals surface area contributed by atoms with Crippen LogP contribution in [0.15, 0.2) is 29.5 Å². The Labute approximate surface area is 140 Å². The normalized spacial score (nSPS) is 17.2. The van der Waals surface area contributed by atoms with Crippen LogP contribution in [0.2, 0.25) is 0 Å². The second kappa shape index (κ2) is 7.16. The van der Waals surface area contributed by atoms with Gasteiger partial charge in [0.25, 0.3) is 0 Å². The Morgan fingerprint density at radius 2 is 1.96 bits per heavy atom. The van der Waals surface area contributed by atoms with E-state index in [-0.39, 0.29) is 17.9 Å². The molecule has 1 aliphatic heterocycles. The minimum Gasteiger partial charge on any atom is -0.495 e. The molecule has 0 spiro atoms. The molecule has 128 valence electrons. The number of allylic oxidation sites excluding steroid dienone is 1. The minimum atomic E-state index is -0.920. The summed E-state index contributed by atoms with van der Waals surface area (Å²) in [5, 5.41) is 5.30. The molecule has 24 heavy (non-hydrogen) atoms. The summed E-state index contributed by atoms with van der Waals surface area (Å²) >= 11 is 0. The summed E-state index contributed by atoms with van der Waals surface area (Å²) in [6, 6.07) is 5.35. The van der Waals surface area contributed by atoms with Gasteiger partial charge in [-0.25, -0.2) is 4.79 Å². The molecule has 0 saturated heterocycles. The Kier molecular flexibility index (Phi) is 5.23. The largest absolute Gasteiger partial charge is 0.495 e. The summed E-state index contributed by atoms with van der Waals surface area (Å²) in [5.74, 6) is -1.85. The highest BCUT2D eigenvalue weighted by Gasteiger charge is 2.36. The third-order valence-corrected chi connectivity index (χ3v) is 3.80. The van der Waals surface area contributed by atoms with Crippen molar-refractivity contribution in [3.63, 3.8) is 0 Å². The van der Waals surface area contributed by atoms with Crippen LogP contribution in [0.1, 0.15) is 18.9 Å². The maximum Gasteiger partial charge on any atom is 0.336 e. The molecule has 2 amide bonds. The molecule has 2 N–H and O–H groups in total. The Bertz CT molecular complexity index is 724. The SMILES string of the molecule is COC(=O)C1=C(C)NC(=O)C[C@@H]1C(=O)Nc1cc(C)ccc1OC. The van der Waals surface area contributed by atoms with Crippen LogP contribution in [0.5, 0.6) is 5.75 Å². The number of nitrogens with one attached hydrogen (secondary N) is 2. The molecular weight excluding hydrogens is 312 g/mol. The van der Waals surface area contributed by atoms with Crippen molar-refractivity contribution >= 4 is 23.5 Å². The first-order valence-corrected chi connectivity index (χ1v) is 7.41. The molecule has 1 aliphatic rings. The van der Waals surface area contributed by atoms with Crippen molar-refractivity contribution in [3.05, 3.63) is 35.0 Å². The number of esters is 1. The van der Waals surface area contributed by atoms with Crippen molar-refractivity contribution in [3.8, 4) is 5.75 Å². The topological polar surface area (TPSA) is 93.7 Å². The number of ether oxygens (including phenoxy) is 2. The van der Waals surface area contributed by atoms with Crippen LogP contribution in [-0.4, -0.2) is 32.0 Å². The highest BCUT2D eigenvalue weighted by atomic mass is 16.5. The number of aryl methyl sites for hydroxylation is 1. The van der Waals surface area contributed by atoms with E-state index in [1.54, 1.807) is 19.1 Å². The molecule has 0 aliphatic carbocycles. The summed E-state index contributed by atoms with van der Waals surface area (Å²) in [5.41, 5.74) is 1.90. The van der Waals surface area contributed by atoms with E-state index < -0.39 is 17.8 Å². The molecule has 7 nitrogen and oxygen atoms in total. The van der Waals surface area contributed by atoms with Crippen molar-refractivity contribution in [2.45, 2.75) is 20.3 Å². The monoisotopic (exact) mass is 332 g/mol. The third kappa shape index (κ3) is 3.56. The van der Waals surface area contributed by atoms with Crippen LogP contribution < -0.4 is 15.4 Å². The van der Waals surface area contributed by atoms with E-state index in [2.05, 4.69) is 10.6 Å². The molecule has 0 fully saturated rings. The van der Waals surface area contributed by atoms with E-state index in [1.165, 1.54) is 14.2 Å². The molecule has 1 aromatic carbocycles. The fourth-order valence-electron chi connectivity index (χ4n) is 2.64. The highest BCUT2D eigenvalue weighted by molar-refractivity contribution is 6.06. The molecule has 2 rings (SSSR count). The van der Waals surface area contributed by atoms with Crippen molar-refractivity contribution in [1.82, 2.24) is 5.32 Å². The lowest BCUT2D eigenvalue weighted by Crippen LogP contribution is -2.40. The summed E-state index contributed by atoms with van der Waals surface area (Å²) < 4.78 is 9.97. The van der Waals surface area contributed by atoms with E-state index in [1.807, 2.05) is 13.0 Å². The van der Waals surface area contributed by atoms with E-state index in [4.69, 9.17) is 9.47 Å². The molecule has 1 atom stereocenters. The molecule has 0 radical (unpaired) electrons. The molecule has 1 aromatic rings. The smallest absolute Gasteiger partial charge is 0.336 e. The number of hydrogen-bond acceptors (Lipinski definition) is 5. The van der Waals surface area contributed by atoms with Crippen LogP contribution in [0, 0.1) is 12.8 Å². The predicted molar refractivity (Wildman–Crippen MR) is 87.3 cm³/mol. The zero-order valence-corrected chi connectivity index (χ0v) is 14.1. The maximum atomic E-state index is 12.7. The lowest BCUT2D eigenvalue weighted by atomic mass is 9.89. The van der Waals surface area contributed by atoms with Crippen LogP contribution in [0.4, 0.5) is 5.69 Å². The molecular formula is C17H20N2O5. The van der Waals surface area contributed by atoms with Gasteiger partial charge in [-0.1, -0.05) is 6.07 Å². The van der Waals surface area contributed by atoms with Crippen molar-refractivity contribution in [2.24, 2.45) is 5.92 Å². The first-order chi connectivity index (χ1) is 11.4. The van der Waals surface area contributed by atoms with E-state index in [0.29, 0.717) is 17.1 Å². The summed E-state index contributed by atoms with van der Waals surface area (Å²) in [7, 11) is 2.73. The molecule has 1 heterocycles. The molecule has 0 unspecified atom stereocenters. The Balaban J connectivity index is 2.34. The number of amides is 2. The van der Waals surface area contributed by atoms with Crippen molar-refractivity contribution < 1.29 is 23.9 Å². The van der Waals surface area contributed by atoms with Crippen LogP contribution >= 0.6 is 0 Å². The molecule has 0 saturated carbocycles. The van der Waals surface area contributed by atoms with Gasteiger partial charge < -0.3 is 20.1 Å². The fraction of sp³-hybridized carbons (Fsp3) is 0.353. The summed E-state index contributed by atoms with van der Waals surface area (Å²) in [6.45, 7) is 3.45. The number of anilines is 1. The maximum absolute atomic E-state index is 12.7. The Hall–Kier alpha value is -2.83. The molecule has 0 bridgehead atoms. The Morgan fingerprint density at radius 1 is 1.25 bits per heavy atom. The third-order valence-electron chi connectivity index (χ3n) is 3.80.